The van der Waals surface area contributed by atoms with E-state index in [0.29, 0.717) is 13.1 Å². The first-order chi connectivity index (χ1) is 11.1. The standard InChI is InChI=1S/C18H22N2O3/c1-3-11-20(13-15-8-5-4-6-9-15)18(22)14(2)19-17(21)16-10-7-12-23-16/h4-10,12,14H,3,11,13H2,1-2H3,(H,19,21). The lowest BCUT2D eigenvalue weighted by molar-refractivity contribution is -0.133. The van der Waals surface area contributed by atoms with Gasteiger partial charge in [-0.05, 0) is 31.0 Å². The van der Waals surface area contributed by atoms with Gasteiger partial charge in [0.05, 0.1) is 6.26 Å². The lowest BCUT2D eigenvalue weighted by atomic mass is 10.2. The SMILES string of the molecule is CCCN(Cc1ccccc1)C(=O)C(C)NC(=O)c1ccco1. The van der Waals surface area contributed by atoms with E-state index in [0.717, 1.165) is 12.0 Å². The van der Waals surface area contributed by atoms with E-state index in [2.05, 4.69) is 5.32 Å². The Hall–Kier alpha value is -2.56. The van der Waals surface area contributed by atoms with Crippen molar-refractivity contribution in [1.82, 2.24) is 10.2 Å². The second kappa shape index (κ2) is 8.17. The summed E-state index contributed by atoms with van der Waals surface area (Å²) in [6.07, 6.45) is 2.29. The quantitative estimate of drug-likeness (QED) is 0.855. The fraction of sp³-hybridized carbons (Fsp3) is 0.333. The van der Waals surface area contributed by atoms with Crippen LogP contribution in [0.4, 0.5) is 0 Å². The molecule has 0 aliphatic heterocycles. The molecular formula is C18H22N2O3. The van der Waals surface area contributed by atoms with Crippen molar-refractivity contribution in [3.8, 4) is 0 Å². The molecule has 0 bridgehead atoms. The van der Waals surface area contributed by atoms with Crippen molar-refractivity contribution in [2.45, 2.75) is 32.9 Å². The van der Waals surface area contributed by atoms with Gasteiger partial charge in [0.1, 0.15) is 6.04 Å². The van der Waals surface area contributed by atoms with Crippen molar-refractivity contribution in [3.63, 3.8) is 0 Å². The summed E-state index contributed by atoms with van der Waals surface area (Å²) in [6, 6.07) is 12.4. The average molecular weight is 314 g/mol. The number of furan rings is 1. The van der Waals surface area contributed by atoms with Crippen LogP contribution in [0.15, 0.2) is 53.1 Å². The molecule has 1 aromatic carbocycles. The lowest BCUT2D eigenvalue weighted by Gasteiger charge is -2.26. The van der Waals surface area contributed by atoms with Crippen LogP contribution >= 0.6 is 0 Å². The van der Waals surface area contributed by atoms with Crippen LogP contribution in [0.1, 0.15) is 36.4 Å². The Morgan fingerprint density at radius 2 is 1.91 bits per heavy atom. The molecule has 0 fully saturated rings. The number of benzene rings is 1. The third kappa shape index (κ3) is 4.71. The van der Waals surface area contributed by atoms with Gasteiger partial charge in [-0.25, -0.2) is 0 Å². The molecular weight excluding hydrogens is 292 g/mol. The number of amides is 2. The summed E-state index contributed by atoms with van der Waals surface area (Å²) in [5.74, 6) is -0.280. The van der Waals surface area contributed by atoms with Gasteiger partial charge in [0.2, 0.25) is 5.91 Å². The van der Waals surface area contributed by atoms with Crippen LogP contribution in [-0.2, 0) is 11.3 Å². The molecule has 2 amide bonds. The predicted octanol–water partition coefficient (Wildman–Crippen LogP) is 2.84. The largest absolute Gasteiger partial charge is 0.459 e. The second-order valence-electron chi connectivity index (χ2n) is 5.42. The van der Waals surface area contributed by atoms with Crippen LogP contribution < -0.4 is 5.32 Å². The van der Waals surface area contributed by atoms with Crippen LogP contribution in [-0.4, -0.2) is 29.3 Å². The topological polar surface area (TPSA) is 62.6 Å². The summed E-state index contributed by atoms with van der Waals surface area (Å²) in [4.78, 5) is 26.4. The molecule has 1 atom stereocenters. The van der Waals surface area contributed by atoms with Gasteiger partial charge in [-0.1, -0.05) is 37.3 Å². The van der Waals surface area contributed by atoms with E-state index in [9.17, 15) is 9.59 Å². The molecule has 5 nitrogen and oxygen atoms in total. The van der Waals surface area contributed by atoms with Gasteiger partial charge in [0, 0.05) is 13.1 Å². The Labute approximate surface area is 136 Å². The molecule has 23 heavy (non-hydrogen) atoms. The molecule has 0 aliphatic carbocycles. The zero-order valence-electron chi connectivity index (χ0n) is 13.5. The number of rotatable bonds is 7. The van der Waals surface area contributed by atoms with Crippen molar-refractivity contribution in [2.24, 2.45) is 0 Å². The Kier molecular flexibility index (Phi) is 5.97. The maximum absolute atomic E-state index is 12.6. The highest BCUT2D eigenvalue weighted by molar-refractivity contribution is 5.95. The fourth-order valence-corrected chi connectivity index (χ4v) is 2.35. The van der Waals surface area contributed by atoms with Gasteiger partial charge in [-0.15, -0.1) is 0 Å². The molecule has 0 aliphatic rings. The van der Waals surface area contributed by atoms with Crippen LogP contribution in [0.2, 0.25) is 0 Å². The lowest BCUT2D eigenvalue weighted by Crippen LogP contribution is -2.46. The first-order valence-corrected chi connectivity index (χ1v) is 7.79. The molecule has 1 N–H and O–H groups in total. The van der Waals surface area contributed by atoms with Gasteiger partial charge in [0.15, 0.2) is 5.76 Å². The van der Waals surface area contributed by atoms with Crippen LogP contribution in [0.5, 0.6) is 0 Å². The summed E-state index contributed by atoms with van der Waals surface area (Å²) in [5, 5.41) is 2.68. The minimum atomic E-state index is -0.608. The summed E-state index contributed by atoms with van der Waals surface area (Å²) >= 11 is 0. The van der Waals surface area contributed by atoms with Crippen molar-refractivity contribution in [1.29, 1.82) is 0 Å². The Bertz CT molecular complexity index is 623. The van der Waals surface area contributed by atoms with Gasteiger partial charge in [-0.2, -0.15) is 0 Å². The maximum atomic E-state index is 12.6. The molecule has 0 saturated carbocycles. The molecule has 2 rings (SSSR count). The number of hydrogen-bond acceptors (Lipinski definition) is 3. The van der Waals surface area contributed by atoms with E-state index in [1.807, 2.05) is 37.3 Å². The van der Waals surface area contributed by atoms with Gasteiger partial charge in [-0.3, -0.25) is 9.59 Å². The number of nitrogens with one attached hydrogen (secondary N) is 1. The highest BCUT2D eigenvalue weighted by Crippen LogP contribution is 2.08. The molecule has 0 spiro atoms. The van der Waals surface area contributed by atoms with E-state index in [-0.39, 0.29) is 17.6 Å². The number of carbonyl (C=O) groups excluding carboxylic acids is 2. The van der Waals surface area contributed by atoms with Gasteiger partial charge < -0.3 is 14.6 Å². The zero-order chi connectivity index (χ0) is 16.7. The number of carbonyl (C=O) groups is 2. The van der Waals surface area contributed by atoms with Crippen molar-refractivity contribution in [3.05, 3.63) is 60.1 Å². The first-order valence-electron chi connectivity index (χ1n) is 7.79. The van der Waals surface area contributed by atoms with Crippen LogP contribution in [0.3, 0.4) is 0 Å². The monoisotopic (exact) mass is 314 g/mol. The smallest absolute Gasteiger partial charge is 0.287 e. The summed E-state index contributed by atoms with van der Waals surface area (Å²) < 4.78 is 5.04. The molecule has 5 heteroatoms. The molecule has 2 aromatic rings. The van der Waals surface area contributed by atoms with E-state index in [1.54, 1.807) is 24.0 Å². The number of hydrogen-bond donors (Lipinski definition) is 1. The van der Waals surface area contributed by atoms with Crippen LogP contribution in [0.25, 0.3) is 0 Å². The molecule has 1 aromatic heterocycles. The average Bonchev–Trinajstić information content (AvgIpc) is 3.09. The number of nitrogens with zero attached hydrogens (tertiary/aromatic N) is 1. The maximum Gasteiger partial charge on any atom is 0.287 e. The van der Waals surface area contributed by atoms with E-state index < -0.39 is 6.04 Å². The van der Waals surface area contributed by atoms with E-state index >= 15 is 0 Å². The third-order valence-corrected chi connectivity index (χ3v) is 3.48. The summed E-state index contributed by atoms with van der Waals surface area (Å²) in [7, 11) is 0. The highest BCUT2D eigenvalue weighted by Gasteiger charge is 2.23. The second-order valence-corrected chi connectivity index (χ2v) is 5.42. The minimum Gasteiger partial charge on any atom is -0.459 e. The predicted molar refractivity (Wildman–Crippen MR) is 87.8 cm³/mol. The first kappa shape index (κ1) is 16.8. The molecule has 1 heterocycles. The van der Waals surface area contributed by atoms with Crippen LogP contribution in [0, 0.1) is 0 Å². The zero-order valence-corrected chi connectivity index (χ0v) is 13.5. The van der Waals surface area contributed by atoms with Gasteiger partial charge >= 0.3 is 0 Å². The van der Waals surface area contributed by atoms with Crippen molar-refractivity contribution < 1.29 is 14.0 Å². The molecule has 1 unspecified atom stereocenters. The third-order valence-electron chi connectivity index (χ3n) is 3.48. The fourth-order valence-electron chi connectivity index (χ4n) is 2.35. The molecule has 122 valence electrons. The normalized spacial score (nSPS) is 11.7. The highest BCUT2D eigenvalue weighted by atomic mass is 16.3. The van der Waals surface area contributed by atoms with E-state index in [4.69, 9.17) is 4.42 Å². The minimum absolute atomic E-state index is 0.101. The summed E-state index contributed by atoms with van der Waals surface area (Å²) in [5.41, 5.74) is 1.07. The Morgan fingerprint density at radius 1 is 1.17 bits per heavy atom. The van der Waals surface area contributed by atoms with Gasteiger partial charge in [0.25, 0.3) is 5.91 Å². The van der Waals surface area contributed by atoms with Crippen molar-refractivity contribution in [2.75, 3.05) is 6.54 Å². The molecule has 0 radical (unpaired) electrons. The Balaban J connectivity index is 2.00. The summed E-state index contributed by atoms with van der Waals surface area (Å²) in [6.45, 7) is 4.90. The molecule has 0 saturated heterocycles. The van der Waals surface area contributed by atoms with Crippen molar-refractivity contribution >= 4 is 11.8 Å². The van der Waals surface area contributed by atoms with E-state index in [1.165, 1.54) is 6.26 Å². The Morgan fingerprint density at radius 3 is 2.52 bits per heavy atom.